The Hall–Kier alpha value is -1.40. The van der Waals surface area contributed by atoms with Crippen LogP contribution in [0.1, 0.15) is 46.1 Å². The van der Waals surface area contributed by atoms with Crippen molar-refractivity contribution in [2.45, 2.75) is 64.1 Å². The first-order chi connectivity index (χ1) is 11.0. The second kappa shape index (κ2) is 6.84. The molecule has 1 aliphatic rings. The Labute approximate surface area is 144 Å². The standard InChI is InChI=1S/C18H26O5S/c1-6-16(14-11-15(14)17(19)22-18(3,4)5)23-24(20,21)13-9-7-12(2)8-10-13/h7-10,14-16H,6,11H2,1-5H3/t14-,15-,16-/m1/s1. The molecular weight excluding hydrogens is 328 g/mol. The zero-order valence-electron chi connectivity index (χ0n) is 14.9. The SMILES string of the molecule is CC[C@@H](OS(=O)(=O)c1ccc(C)cc1)[C@@H]1C[C@H]1C(=O)OC(C)(C)C. The van der Waals surface area contributed by atoms with E-state index in [2.05, 4.69) is 0 Å². The van der Waals surface area contributed by atoms with E-state index in [1.807, 2.05) is 34.6 Å². The maximum atomic E-state index is 12.4. The summed E-state index contributed by atoms with van der Waals surface area (Å²) in [5.41, 5.74) is 0.439. The van der Waals surface area contributed by atoms with E-state index in [-0.39, 0.29) is 22.7 Å². The van der Waals surface area contributed by atoms with Gasteiger partial charge in [0.15, 0.2) is 0 Å². The molecule has 1 aromatic rings. The zero-order chi connectivity index (χ0) is 18.1. The fraction of sp³-hybridized carbons (Fsp3) is 0.611. The molecule has 134 valence electrons. The summed E-state index contributed by atoms with van der Waals surface area (Å²) < 4.78 is 35.6. The van der Waals surface area contributed by atoms with Crippen LogP contribution < -0.4 is 0 Å². The highest BCUT2D eigenvalue weighted by Gasteiger charge is 2.50. The van der Waals surface area contributed by atoms with Crippen LogP contribution in [0.15, 0.2) is 29.2 Å². The molecule has 0 heterocycles. The Bertz CT molecular complexity index is 685. The molecule has 0 amide bonds. The third kappa shape index (κ3) is 4.80. The van der Waals surface area contributed by atoms with E-state index in [0.717, 1.165) is 5.56 Å². The van der Waals surface area contributed by atoms with Crippen LogP contribution in [0, 0.1) is 18.8 Å². The average Bonchev–Trinajstić information content (AvgIpc) is 3.24. The highest BCUT2D eigenvalue weighted by molar-refractivity contribution is 7.86. The molecule has 24 heavy (non-hydrogen) atoms. The molecule has 0 radical (unpaired) electrons. The minimum Gasteiger partial charge on any atom is -0.460 e. The summed E-state index contributed by atoms with van der Waals surface area (Å²) >= 11 is 0. The van der Waals surface area contributed by atoms with Crippen LogP contribution in [0.5, 0.6) is 0 Å². The molecule has 2 rings (SSSR count). The Morgan fingerprint density at radius 2 is 1.83 bits per heavy atom. The summed E-state index contributed by atoms with van der Waals surface area (Å²) in [6, 6.07) is 6.54. The number of aryl methyl sites for hydroxylation is 1. The van der Waals surface area contributed by atoms with Gasteiger partial charge in [0.2, 0.25) is 0 Å². The summed E-state index contributed by atoms with van der Waals surface area (Å²) in [6.07, 6.45) is 0.625. The number of esters is 1. The van der Waals surface area contributed by atoms with Gasteiger partial charge in [0.25, 0.3) is 10.1 Å². The van der Waals surface area contributed by atoms with Crippen molar-refractivity contribution in [1.82, 2.24) is 0 Å². The van der Waals surface area contributed by atoms with Gasteiger partial charge in [0.1, 0.15) is 5.60 Å². The third-order valence-electron chi connectivity index (χ3n) is 3.99. The number of hydrogen-bond acceptors (Lipinski definition) is 5. The van der Waals surface area contributed by atoms with Gasteiger partial charge in [-0.1, -0.05) is 24.6 Å². The normalized spacial score (nSPS) is 22.0. The zero-order valence-corrected chi connectivity index (χ0v) is 15.7. The van der Waals surface area contributed by atoms with Crippen molar-refractivity contribution in [2.75, 3.05) is 0 Å². The first kappa shape index (κ1) is 18.9. The molecule has 0 spiro atoms. The lowest BCUT2D eigenvalue weighted by atomic mass is 10.1. The van der Waals surface area contributed by atoms with Crippen LogP contribution in [0.4, 0.5) is 0 Å². The third-order valence-corrected chi connectivity index (χ3v) is 5.34. The summed E-state index contributed by atoms with van der Waals surface area (Å²) in [6.45, 7) is 9.20. The summed E-state index contributed by atoms with van der Waals surface area (Å²) in [4.78, 5) is 12.2. The molecule has 3 atom stereocenters. The number of carbonyl (C=O) groups is 1. The highest BCUT2D eigenvalue weighted by atomic mass is 32.2. The fourth-order valence-electron chi connectivity index (χ4n) is 2.64. The smallest absolute Gasteiger partial charge is 0.309 e. The lowest BCUT2D eigenvalue weighted by Gasteiger charge is -2.20. The minimum atomic E-state index is -3.83. The van der Waals surface area contributed by atoms with Gasteiger partial charge >= 0.3 is 5.97 Å². The fourth-order valence-corrected chi connectivity index (χ4v) is 3.82. The first-order valence-corrected chi connectivity index (χ1v) is 9.67. The van der Waals surface area contributed by atoms with Crippen LogP contribution in [-0.2, 0) is 23.8 Å². The molecule has 6 heteroatoms. The van der Waals surface area contributed by atoms with Gasteiger partial charge in [-0.2, -0.15) is 8.42 Å². The van der Waals surface area contributed by atoms with Crippen molar-refractivity contribution in [3.63, 3.8) is 0 Å². The number of benzene rings is 1. The van der Waals surface area contributed by atoms with Crippen molar-refractivity contribution in [2.24, 2.45) is 11.8 Å². The highest BCUT2D eigenvalue weighted by Crippen LogP contribution is 2.45. The Kier molecular flexibility index (Phi) is 5.40. The average molecular weight is 354 g/mol. The largest absolute Gasteiger partial charge is 0.460 e. The van der Waals surface area contributed by atoms with Crippen LogP contribution in [-0.4, -0.2) is 26.1 Å². The van der Waals surface area contributed by atoms with E-state index in [4.69, 9.17) is 8.92 Å². The van der Waals surface area contributed by atoms with E-state index in [9.17, 15) is 13.2 Å². The molecule has 1 fully saturated rings. The summed E-state index contributed by atoms with van der Waals surface area (Å²) in [7, 11) is -3.83. The molecule has 0 saturated heterocycles. The van der Waals surface area contributed by atoms with Crippen molar-refractivity contribution < 1.29 is 22.1 Å². The second-order valence-electron chi connectivity index (χ2n) is 7.35. The molecule has 0 aliphatic heterocycles. The topological polar surface area (TPSA) is 69.7 Å². The summed E-state index contributed by atoms with van der Waals surface area (Å²) in [5, 5.41) is 0. The number of hydrogen-bond donors (Lipinski definition) is 0. The van der Waals surface area contributed by atoms with E-state index >= 15 is 0 Å². The van der Waals surface area contributed by atoms with Crippen LogP contribution in [0.25, 0.3) is 0 Å². The van der Waals surface area contributed by atoms with Crippen molar-refractivity contribution in [1.29, 1.82) is 0 Å². The molecule has 0 aromatic heterocycles. The molecule has 1 aliphatic carbocycles. The predicted octanol–water partition coefficient (Wildman–Crippen LogP) is 3.46. The summed E-state index contributed by atoms with van der Waals surface area (Å²) in [5.74, 6) is -0.658. The van der Waals surface area contributed by atoms with E-state index in [1.165, 1.54) is 12.1 Å². The van der Waals surface area contributed by atoms with Gasteiger partial charge in [-0.3, -0.25) is 8.98 Å². The van der Waals surface area contributed by atoms with E-state index in [1.54, 1.807) is 12.1 Å². The molecule has 0 N–H and O–H groups in total. The predicted molar refractivity (Wildman–Crippen MR) is 91.0 cm³/mol. The van der Waals surface area contributed by atoms with Gasteiger partial charge < -0.3 is 4.74 Å². The van der Waals surface area contributed by atoms with Crippen LogP contribution >= 0.6 is 0 Å². The van der Waals surface area contributed by atoms with Crippen molar-refractivity contribution >= 4 is 16.1 Å². The molecule has 1 aromatic carbocycles. The Morgan fingerprint density at radius 1 is 1.25 bits per heavy atom. The molecular formula is C18H26O5S. The first-order valence-electron chi connectivity index (χ1n) is 8.26. The lowest BCUT2D eigenvalue weighted by molar-refractivity contribution is -0.157. The molecule has 1 saturated carbocycles. The molecule has 0 unspecified atom stereocenters. The quantitative estimate of drug-likeness (QED) is 0.578. The van der Waals surface area contributed by atoms with Crippen LogP contribution in [0.3, 0.4) is 0 Å². The molecule has 5 nitrogen and oxygen atoms in total. The number of rotatable bonds is 6. The Morgan fingerprint density at radius 3 is 2.33 bits per heavy atom. The number of carbonyl (C=O) groups excluding carboxylic acids is 1. The monoisotopic (exact) mass is 354 g/mol. The van der Waals surface area contributed by atoms with Crippen molar-refractivity contribution in [3.05, 3.63) is 29.8 Å². The Balaban J connectivity index is 2.03. The van der Waals surface area contributed by atoms with Gasteiger partial charge in [0, 0.05) is 5.92 Å². The van der Waals surface area contributed by atoms with Gasteiger partial charge in [-0.15, -0.1) is 0 Å². The maximum absolute atomic E-state index is 12.4. The van der Waals surface area contributed by atoms with E-state index < -0.39 is 21.8 Å². The minimum absolute atomic E-state index is 0.106. The van der Waals surface area contributed by atoms with Crippen molar-refractivity contribution in [3.8, 4) is 0 Å². The van der Waals surface area contributed by atoms with Crippen LogP contribution in [0.2, 0.25) is 0 Å². The second-order valence-corrected chi connectivity index (χ2v) is 8.92. The lowest BCUT2D eigenvalue weighted by Crippen LogP contribution is -2.27. The van der Waals surface area contributed by atoms with Gasteiger partial charge in [0.05, 0.1) is 16.9 Å². The van der Waals surface area contributed by atoms with Gasteiger partial charge in [-0.25, -0.2) is 0 Å². The number of ether oxygens (including phenoxy) is 1. The van der Waals surface area contributed by atoms with Gasteiger partial charge in [-0.05, 0) is 52.7 Å². The molecule has 0 bridgehead atoms. The van der Waals surface area contributed by atoms with E-state index in [0.29, 0.717) is 12.8 Å². The maximum Gasteiger partial charge on any atom is 0.309 e.